The Hall–Kier alpha value is -4.11. The standard InChI is InChI=1S/C30H32N4O5/c1-38-24-8-5-21(6-9-24)29(36)31-25-16-22(30(37)32-11-13-39-14-12-32)7-10-27(25)33-17-20-15-23(19-33)26-3-2-4-28(35)34(26)18-20/h2-10,16,20,23H,11-15,17-19H2,1H3,(H,31,36). The van der Waals surface area contributed by atoms with E-state index in [4.69, 9.17) is 9.47 Å². The van der Waals surface area contributed by atoms with Crippen molar-refractivity contribution in [3.8, 4) is 5.75 Å². The SMILES string of the molecule is COc1ccc(C(=O)Nc2cc(C(=O)N3CCOCC3)ccc2N2CC3CC(C2)c2cccc(=O)n2C3)cc1. The Morgan fingerprint density at radius 1 is 0.949 bits per heavy atom. The first-order valence-corrected chi connectivity index (χ1v) is 13.4. The van der Waals surface area contributed by atoms with Gasteiger partial charge in [0.25, 0.3) is 17.4 Å². The molecule has 0 radical (unpaired) electrons. The van der Waals surface area contributed by atoms with Crippen molar-refractivity contribution in [3.63, 3.8) is 0 Å². The number of benzene rings is 2. The van der Waals surface area contributed by atoms with Crippen LogP contribution in [0.4, 0.5) is 11.4 Å². The maximum absolute atomic E-state index is 13.3. The van der Waals surface area contributed by atoms with Crippen molar-refractivity contribution in [1.82, 2.24) is 9.47 Å². The zero-order valence-electron chi connectivity index (χ0n) is 22.0. The quantitative estimate of drug-likeness (QED) is 0.547. The lowest BCUT2D eigenvalue weighted by Gasteiger charge is -2.44. The second kappa shape index (κ2) is 10.6. The van der Waals surface area contributed by atoms with Crippen LogP contribution in [0.3, 0.4) is 0 Å². The summed E-state index contributed by atoms with van der Waals surface area (Å²) in [7, 11) is 1.58. The van der Waals surface area contributed by atoms with Crippen LogP contribution < -0.4 is 20.5 Å². The average molecular weight is 529 g/mol. The van der Waals surface area contributed by atoms with Gasteiger partial charge in [0.05, 0.1) is 31.7 Å². The number of hydrogen-bond donors (Lipinski definition) is 1. The molecule has 9 heteroatoms. The Balaban J connectivity index is 1.32. The lowest BCUT2D eigenvalue weighted by Crippen LogP contribution is -2.47. The molecule has 9 nitrogen and oxygen atoms in total. The molecule has 0 spiro atoms. The molecule has 2 bridgehead atoms. The minimum Gasteiger partial charge on any atom is -0.497 e. The summed E-state index contributed by atoms with van der Waals surface area (Å²) in [6.45, 7) is 4.30. The van der Waals surface area contributed by atoms with Crippen molar-refractivity contribution >= 4 is 23.2 Å². The Bertz CT molecular complexity index is 1440. The summed E-state index contributed by atoms with van der Waals surface area (Å²) in [5.74, 6) is 0.865. The van der Waals surface area contributed by atoms with Crippen LogP contribution in [0.1, 0.15) is 38.7 Å². The van der Waals surface area contributed by atoms with E-state index in [9.17, 15) is 14.4 Å². The number of methoxy groups -OCH3 is 1. The minimum absolute atomic E-state index is 0.0501. The molecule has 6 rings (SSSR count). The summed E-state index contributed by atoms with van der Waals surface area (Å²) in [6.07, 6.45) is 1.03. The molecule has 2 aromatic carbocycles. The van der Waals surface area contributed by atoms with E-state index in [-0.39, 0.29) is 23.3 Å². The number of anilines is 2. The normalized spacial score (nSPS) is 20.2. The van der Waals surface area contributed by atoms with Gasteiger partial charge < -0.3 is 29.2 Å². The smallest absolute Gasteiger partial charge is 0.255 e. The molecule has 4 heterocycles. The van der Waals surface area contributed by atoms with Crippen molar-refractivity contribution < 1.29 is 19.1 Å². The monoisotopic (exact) mass is 528 g/mol. The van der Waals surface area contributed by atoms with Crippen LogP contribution in [-0.2, 0) is 11.3 Å². The zero-order chi connectivity index (χ0) is 26.9. The maximum atomic E-state index is 13.3. The predicted molar refractivity (Wildman–Crippen MR) is 148 cm³/mol. The summed E-state index contributed by atoms with van der Waals surface area (Å²) < 4.78 is 12.5. The van der Waals surface area contributed by atoms with E-state index < -0.39 is 0 Å². The number of ether oxygens (including phenoxy) is 2. The second-order valence-corrected chi connectivity index (χ2v) is 10.4. The van der Waals surface area contributed by atoms with E-state index in [0.717, 1.165) is 30.9 Å². The molecule has 202 valence electrons. The Kier molecular flexibility index (Phi) is 6.83. The van der Waals surface area contributed by atoms with Crippen LogP contribution in [0.5, 0.6) is 5.75 Å². The van der Waals surface area contributed by atoms with Gasteiger partial charge in [0.15, 0.2) is 0 Å². The Morgan fingerprint density at radius 3 is 2.49 bits per heavy atom. The highest BCUT2D eigenvalue weighted by Crippen LogP contribution is 2.39. The van der Waals surface area contributed by atoms with Crippen molar-refractivity contribution in [2.75, 3.05) is 56.7 Å². The fourth-order valence-electron chi connectivity index (χ4n) is 6.02. The van der Waals surface area contributed by atoms with Crippen molar-refractivity contribution in [3.05, 3.63) is 87.8 Å². The van der Waals surface area contributed by atoms with Crippen LogP contribution in [0, 0.1) is 5.92 Å². The number of nitrogens with one attached hydrogen (secondary N) is 1. The van der Waals surface area contributed by atoms with Gasteiger partial charge in [0.1, 0.15) is 5.75 Å². The van der Waals surface area contributed by atoms with E-state index in [1.54, 1.807) is 48.4 Å². The molecule has 2 unspecified atom stereocenters. The Morgan fingerprint density at radius 2 is 1.72 bits per heavy atom. The number of aromatic nitrogens is 1. The van der Waals surface area contributed by atoms with Gasteiger partial charge in [-0.25, -0.2) is 0 Å². The van der Waals surface area contributed by atoms with E-state index in [1.165, 1.54) is 0 Å². The molecular formula is C30H32N4O5. The number of fused-ring (bicyclic) bond motifs is 4. The van der Waals surface area contributed by atoms with E-state index in [1.807, 2.05) is 28.8 Å². The number of morpholine rings is 1. The van der Waals surface area contributed by atoms with Crippen LogP contribution in [0.2, 0.25) is 0 Å². The summed E-state index contributed by atoms with van der Waals surface area (Å²) in [4.78, 5) is 43.1. The highest BCUT2D eigenvalue weighted by atomic mass is 16.5. The van der Waals surface area contributed by atoms with Crippen molar-refractivity contribution in [2.45, 2.75) is 18.9 Å². The molecule has 3 aliphatic rings. The number of piperidine rings is 1. The lowest BCUT2D eigenvalue weighted by molar-refractivity contribution is 0.0303. The molecule has 2 fully saturated rings. The third-order valence-corrected chi connectivity index (χ3v) is 7.96. The summed E-state index contributed by atoms with van der Waals surface area (Å²) >= 11 is 0. The molecule has 1 N–H and O–H groups in total. The molecule has 1 aromatic heterocycles. The average Bonchev–Trinajstić information content (AvgIpc) is 2.97. The van der Waals surface area contributed by atoms with Gasteiger partial charge in [-0.2, -0.15) is 0 Å². The Labute approximate surface area is 226 Å². The second-order valence-electron chi connectivity index (χ2n) is 10.4. The molecule has 2 saturated heterocycles. The number of pyridine rings is 1. The number of hydrogen-bond acceptors (Lipinski definition) is 6. The number of rotatable bonds is 5. The summed E-state index contributed by atoms with van der Waals surface area (Å²) in [5, 5.41) is 3.08. The number of carbonyl (C=O) groups is 2. The maximum Gasteiger partial charge on any atom is 0.255 e. The van der Waals surface area contributed by atoms with E-state index in [2.05, 4.69) is 10.2 Å². The van der Waals surface area contributed by atoms with Gasteiger partial charge in [0.2, 0.25) is 0 Å². The van der Waals surface area contributed by atoms with Gasteiger partial charge >= 0.3 is 0 Å². The molecule has 39 heavy (non-hydrogen) atoms. The number of carbonyl (C=O) groups excluding carboxylic acids is 2. The van der Waals surface area contributed by atoms with Gasteiger partial charge in [0, 0.05) is 61.5 Å². The first-order chi connectivity index (χ1) is 19.0. The zero-order valence-corrected chi connectivity index (χ0v) is 22.0. The molecule has 0 saturated carbocycles. The first kappa shape index (κ1) is 25.2. The van der Waals surface area contributed by atoms with E-state index in [0.29, 0.717) is 61.3 Å². The van der Waals surface area contributed by atoms with Gasteiger partial charge in [-0.15, -0.1) is 0 Å². The largest absolute Gasteiger partial charge is 0.497 e. The predicted octanol–water partition coefficient (Wildman–Crippen LogP) is 3.21. The molecule has 2 atom stereocenters. The van der Waals surface area contributed by atoms with Gasteiger partial charge in [-0.1, -0.05) is 6.07 Å². The third-order valence-electron chi connectivity index (χ3n) is 7.96. The third kappa shape index (κ3) is 5.02. The van der Waals surface area contributed by atoms with E-state index >= 15 is 0 Å². The van der Waals surface area contributed by atoms with Crippen LogP contribution in [-0.4, -0.2) is 67.8 Å². The molecule has 2 amide bonds. The van der Waals surface area contributed by atoms with Crippen molar-refractivity contribution in [1.29, 1.82) is 0 Å². The fourth-order valence-corrected chi connectivity index (χ4v) is 6.02. The minimum atomic E-state index is -0.260. The summed E-state index contributed by atoms with van der Waals surface area (Å²) in [5.41, 5.74) is 3.60. The fraction of sp³-hybridized carbons (Fsp3) is 0.367. The first-order valence-electron chi connectivity index (χ1n) is 13.4. The summed E-state index contributed by atoms with van der Waals surface area (Å²) in [6, 6.07) is 18.0. The lowest BCUT2D eigenvalue weighted by atomic mass is 9.83. The van der Waals surface area contributed by atoms with Crippen LogP contribution in [0.25, 0.3) is 0 Å². The molecular weight excluding hydrogens is 496 g/mol. The molecule has 3 aliphatic heterocycles. The molecule has 3 aromatic rings. The van der Waals surface area contributed by atoms with Crippen LogP contribution >= 0.6 is 0 Å². The highest BCUT2D eigenvalue weighted by Gasteiger charge is 2.35. The number of nitrogens with zero attached hydrogens (tertiary/aromatic N) is 3. The van der Waals surface area contributed by atoms with Gasteiger partial charge in [-0.05, 0) is 60.9 Å². The van der Waals surface area contributed by atoms with Gasteiger partial charge in [-0.3, -0.25) is 14.4 Å². The van der Waals surface area contributed by atoms with Crippen LogP contribution in [0.15, 0.2) is 65.5 Å². The topological polar surface area (TPSA) is 93.1 Å². The molecule has 0 aliphatic carbocycles. The highest BCUT2D eigenvalue weighted by molar-refractivity contribution is 6.07. The number of amides is 2. The van der Waals surface area contributed by atoms with Crippen molar-refractivity contribution in [2.24, 2.45) is 5.92 Å².